The first kappa shape index (κ1) is 17.8. The van der Waals surface area contributed by atoms with Crippen LogP contribution < -0.4 is 15.4 Å². The monoisotopic (exact) mass is 331 g/mol. The Morgan fingerprint density at radius 3 is 2.62 bits per heavy atom. The topological polar surface area (TPSA) is 81.1 Å². The molecular weight excluding hydrogens is 306 g/mol. The van der Waals surface area contributed by atoms with Crippen molar-refractivity contribution in [3.05, 3.63) is 42.0 Å². The number of hydrogen-bond acceptors (Lipinski definition) is 4. The molecule has 130 valence electrons. The van der Waals surface area contributed by atoms with E-state index in [4.69, 9.17) is 4.74 Å². The molecule has 2 N–H and O–H groups in total. The van der Waals surface area contributed by atoms with Crippen LogP contribution in [0.1, 0.15) is 38.2 Å². The highest BCUT2D eigenvalue weighted by Gasteiger charge is 2.30. The maximum atomic E-state index is 12.4. The lowest BCUT2D eigenvalue weighted by atomic mass is 9.82. The molecule has 0 saturated carbocycles. The van der Waals surface area contributed by atoms with Crippen LogP contribution in [0.25, 0.3) is 0 Å². The molecule has 24 heavy (non-hydrogen) atoms. The maximum Gasteiger partial charge on any atom is 0.315 e. The van der Waals surface area contributed by atoms with E-state index in [1.165, 1.54) is 6.33 Å². The summed E-state index contributed by atoms with van der Waals surface area (Å²) < 4.78 is 7.07. The summed E-state index contributed by atoms with van der Waals surface area (Å²) >= 11 is 0. The molecule has 1 unspecified atom stereocenters. The molecule has 1 atom stereocenters. The van der Waals surface area contributed by atoms with E-state index < -0.39 is 0 Å². The number of carbonyl (C=O) groups excluding carboxylic acids is 1. The Labute approximate surface area is 142 Å². The first-order valence-corrected chi connectivity index (χ1v) is 7.83. The zero-order valence-corrected chi connectivity index (χ0v) is 14.8. The largest absolute Gasteiger partial charge is 0.496 e. The van der Waals surface area contributed by atoms with Crippen molar-refractivity contribution in [3.63, 3.8) is 0 Å². The molecule has 0 aliphatic rings. The predicted molar refractivity (Wildman–Crippen MR) is 91.6 cm³/mol. The SMILES string of the molecule is COc1ccccc1C(NC(=O)NCc1ncnn1C)C(C)(C)C. The smallest absolute Gasteiger partial charge is 0.315 e. The van der Waals surface area contributed by atoms with E-state index >= 15 is 0 Å². The average molecular weight is 331 g/mol. The fraction of sp³-hybridized carbons (Fsp3) is 0.471. The molecule has 2 aromatic rings. The van der Waals surface area contributed by atoms with Crippen molar-refractivity contribution in [1.82, 2.24) is 25.4 Å². The second kappa shape index (κ2) is 7.33. The highest BCUT2D eigenvalue weighted by molar-refractivity contribution is 5.74. The number of para-hydroxylation sites is 1. The quantitative estimate of drug-likeness (QED) is 0.881. The van der Waals surface area contributed by atoms with Gasteiger partial charge in [-0.15, -0.1) is 0 Å². The number of amides is 2. The van der Waals surface area contributed by atoms with Crippen LogP contribution in [0.5, 0.6) is 5.75 Å². The summed E-state index contributed by atoms with van der Waals surface area (Å²) in [5.41, 5.74) is 0.762. The number of aromatic nitrogens is 3. The van der Waals surface area contributed by atoms with E-state index in [0.29, 0.717) is 12.4 Å². The van der Waals surface area contributed by atoms with Gasteiger partial charge in [-0.1, -0.05) is 39.0 Å². The van der Waals surface area contributed by atoms with Crippen molar-refractivity contribution in [2.45, 2.75) is 33.4 Å². The Hall–Kier alpha value is -2.57. The van der Waals surface area contributed by atoms with Crippen LogP contribution in [-0.2, 0) is 13.6 Å². The van der Waals surface area contributed by atoms with E-state index in [9.17, 15) is 4.79 Å². The third-order valence-electron chi connectivity index (χ3n) is 3.80. The van der Waals surface area contributed by atoms with Gasteiger partial charge in [0.05, 0.1) is 19.7 Å². The summed E-state index contributed by atoms with van der Waals surface area (Å²) in [5.74, 6) is 1.45. The minimum atomic E-state index is -0.260. The third-order valence-corrected chi connectivity index (χ3v) is 3.80. The molecule has 0 spiro atoms. The molecule has 0 aliphatic heterocycles. The molecule has 1 aromatic carbocycles. The number of benzene rings is 1. The lowest BCUT2D eigenvalue weighted by Gasteiger charge is -2.32. The molecule has 0 saturated heterocycles. The normalized spacial score (nSPS) is 12.5. The Balaban J connectivity index is 2.12. The molecule has 7 heteroatoms. The van der Waals surface area contributed by atoms with Gasteiger partial charge in [0, 0.05) is 12.6 Å². The lowest BCUT2D eigenvalue weighted by Crippen LogP contribution is -2.42. The van der Waals surface area contributed by atoms with E-state index in [0.717, 1.165) is 11.3 Å². The molecule has 0 radical (unpaired) electrons. The summed E-state index contributed by atoms with van der Waals surface area (Å²) in [4.78, 5) is 16.4. The molecule has 0 aliphatic carbocycles. The van der Waals surface area contributed by atoms with Crippen LogP contribution in [0.3, 0.4) is 0 Å². The predicted octanol–water partition coefficient (Wildman–Crippen LogP) is 2.41. The summed E-state index contributed by atoms with van der Waals surface area (Å²) in [7, 11) is 3.42. The zero-order valence-electron chi connectivity index (χ0n) is 14.8. The van der Waals surface area contributed by atoms with Crippen LogP contribution in [0, 0.1) is 5.41 Å². The minimum Gasteiger partial charge on any atom is -0.496 e. The maximum absolute atomic E-state index is 12.4. The van der Waals surface area contributed by atoms with Crippen LogP contribution in [0.4, 0.5) is 4.79 Å². The summed E-state index contributed by atoms with van der Waals surface area (Å²) in [5, 5.41) is 9.85. The van der Waals surface area contributed by atoms with Gasteiger partial charge in [0.2, 0.25) is 0 Å². The van der Waals surface area contributed by atoms with Crippen molar-refractivity contribution in [2.24, 2.45) is 12.5 Å². The summed E-state index contributed by atoms with van der Waals surface area (Å²) in [6.45, 7) is 6.54. The van der Waals surface area contributed by atoms with E-state index in [-0.39, 0.29) is 17.5 Å². The molecule has 1 aromatic heterocycles. The molecule has 2 amide bonds. The van der Waals surface area contributed by atoms with Crippen molar-refractivity contribution >= 4 is 6.03 Å². The van der Waals surface area contributed by atoms with E-state index in [2.05, 4.69) is 41.5 Å². The van der Waals surface area contributed by atoms with Crippen molar-refractivity contribution in [3.8, 4) is 5.75 Å². The van der Waals surface area contributed by atoms with Gasteiger partial charge >= 0.3 is 6.03 Å². The van der Waals surface area contributed by atoms with Gasteiger partial charge < -0.3 is 15.4 Å². The number of hydrogen-bond donors (Lipinski definition) is 2. The van der Waals surface area contributed by atoms with Crippen LogP contribution >= 0.6 is 0 Å². The number of aryl methyl sites for hydroxylation is 1. The van der Waals surface area contributed by atoms with Gasteiger partial charge in [0.25, 0.3) is 0 Å². The van der Waals surface area contributed by atoms with Gasteiger partial charge in [0.15, 0.2) is 0 Å². The van der Waals surface area contributed by atoms with Gasteiger partial charge in [-0.05, 0) is 11.5 Å². The zero-order chi connectivity index (χ0) is 17.7. The molecule has 0 fully saturated rings. The van der Waals surface area contributed by atoms with Crippen LogP contribution in [-0.4, -0.2) is 27.9 Å². The molecule has 2 rings (SSSR count). The van der Waals surface area contributed by atoms with Gasteiger partial charge in [0.1, 0.15) is 17.9 Å². The Kier molecular flexibility index (Phi) is 5.43. The third kappa shape index (κ3) is 4.24. The average Bonchev–Trinajstić information content (AvgIpc) is 2.94. The Bertz CT molecular complexity index is 690. The Morgan fingerprint density at radius 1 is 1.33 bits per heavy atom. The molecule has 1 heterocycles. The highest BCUT2D eigenvalue weighted by atomic mass is 16.5. The first-order valence-electron chi connectivity index (χ1n) is 7.83. The fourth-order valence-electron chi connectivity index (χ4n) is 2.49. The van der Waals surface area contributed by atoms with Gasteiger partial charge in [-0.3, -0.25) is 4.68 Å². The first-order chi connectivity index (χ1) is 11.3. The lowest BCUT2D eigenvalue weighted by molar-refractivity contribution is 0.216. The van der Waals surface area contributed by atoms with Gasteiger partial charge in [-0.2, -0.15) is 5.10 Å². The molecule has 0 bridgehead atoms. The van der Waals surface area contributed by atoms with Crippen molar-refractivity contribution in [2.75, 3.05) is 7.11 Å². The second-order valence-corrected chi connectivity index (χ2v) is 6.67. The van der Waals surface area contributed by atoms with Crippen LogP contribution in [0.15, 0.2) is 30.6 Å². The second-order valence-electron chi connectivity index (χ2n) is 6.67. The van der Waals surface area contributed by atoms with E-state index in [1.807, 2.05) is 24.3 Å². The number of methoxy groups -OCH3 is 1. The number of rotatable bonds is 5. The highest BCUT2D eigenvalue weighted by Crippen LogP contribution is 2.37. The number of urea groups is 1. The number of nitrogens with zero attached hydrogens (tertiary/aromatic N) is 3. The number of nitrogens with one attached hydrogen (secondary N) is 2. The van der Waals surface area contributed by atoms with E-state index in [1.54, 1.807) is 18.8 Å². The number of ether oxygens (including phenoxy) is 1. The summed E-state index contributed by atoms with van der Waals surface area (Å²) in [6.07, 6.45) is 1.46. The van der Waals surface area contributed by atoms with Gasteiger partial charge in [-0.25, -0.2) is 9.78 Å². The van der Waals surface area contributed by atoms with Crippen molar-refractivity contribution < 1.29 is 9.53 Å². The Morgan fingerprint density at radius 2 is 2.04 bits per heavy atom. The van der Waals surface area contributed by atoms with Crippen molar-refractivity contribution in [1.29, 1.82) is 0 Å². The molecule has 7 nitrogen and oxygen atoms in total. The fourth-order valence-corrected chi connectivity index (χ4v) is 2.49. The van der Waals surface area contributed by atoms with Crippen LogP contribution in [0.2, 0.25) is 0 Å². The summed E-state index contributed by atoms with van der Waals surface area (Å²) in [6, 6.07) is 7.26. The standard InChI is InChI=1S/C17H25N5O2/c1-17(2,3)15(12-8-6-7-9-13(12)24-5)21-16(23)18-10-14-19-11-20-22(14)4/h6-9,11,15H,10H2,1-5H3,(H2,18,21,23). The number of carbonyl (C=O) groups is 1. The molecular formula is C17H25N5O2. The minimum absolute atomic E-state index is 0.184.